The minimum absolute atomic E-state index is 0.177. The molecule has 2 rings (SSSR count). The van der Waals surface area contributed by atoms with Gasteiger partial charge in [-0.1, -0.05) is 73.5 Å². The van der Waals surface area contributed by atoms with Crippen molar-refractivity contribution in [1.29, 1.82) is 0 Å². The summed E-state index contributed by atoms with van der Waals surface area (Å²) in [6, 6.07) is 19.7. The van der Waals surface area contributed by atoms with E-state index in [2.05, 4.69) is 11.8 Å². The molecule has 0 spiro atoms. The van der Waals surface area contributed by atoms with Gasteiger partial charge < -0.3 is 5.11 Å². The number of hydrogen-bond donors (Lipinski definition) is 1. The fourth-order valence-corrected chi connectivity index (χ4v) is 2.06. The average Bonchev–Trinajstić information content (AvgIpc) is 2.49. The molecule has 2 aromatic rings. The highest BCUT2D eigenvalue weighted by atomic mass is 16.3. The molecule has 1 N–H and O–H groups in total. The van der Waals surface area contributed by atoms with Gasteiger partial charge in [0, 0.05) is 6.42 Å². The van der Waals surface area contributed by atoms with Crippen molar-refractivity contribution < 1.29 is 5.11 Å². The van der Waals surface area contributed by atoms with Crippen LogP contribution in [-0.2, 0) is 0 Å². The lowest BCUT2D eigenvalue weighted by Gasteiger charge is -2.19. The molecule has 1 nitrogen and oxygen atoms in total. The maximum absolute atomic E-state index is 10.6. The van der Waals surface area contributed by atoms with Crippen LogP contribution in [0.15, 0.2) is 60.7 Å². The first-order valence-electron chi connectivity index (χ1n) is 6.59. The largest absolute Gasteiger partial charge is 0.387 e. The molecule has 0 aliphatic rings. The van der Waals surface area contributed by atoms with Crippen molar-refractivity contribution in [2.45, 2.75) is 25.4 Å². The Morgan fingerprint density at radius 3 is 1.95 bits per heavy atom. The van der Waals surface area contributed by atoms with Gasteiger partial charge in [0.25, 0.3) is 0 Å². The number of hydrogen-bond acceptors (Lipinski definition) is 1. The van der Waals surface area contributed by atoms with Gasteiger partial charge in [0.05, 0.1) is 12.0 Å². The first-order valence-corrected chi connectivity index (χ1v) is 6.59. The van der Waals surface area contributed by atoms with Crippen LogP contribution >= 0.6 is 0 Å². The van der Waals surface area contributed by atoms with E-state index in [0.29, 0.717) is 0 Å². The Bertz CT molecular complexity index is 548. The van der Waals surface area contributed by atoms with Gasteiger partial charge in [0.2, 0.25) is 0 Å². The molecule has 2 unspecified atom stereocenters. The Morgan fingerprint density at radius 1 is 0.895 bits per heavy atom. The van der Waals surface area contributed by atoms with E-state index in [4.69, 9.17) is 0 Å². The third-order valence-electron chi connectivity index (χ3n) is 3.05. The van der Waals surface area contributed by atoms with Crippen molar-refractivity contribution in [1.82, 2.24) is 0 Å². The van der Waals surface area contributed by atoms with E-state index < -0.39 is 6.10 Å². The average molecular weight is 250 g/mol. The normalized spacial score (nSPS) is 13.2. The molecular formula is C18H18O. The van der Waals surface area contributed by atoms with Crippen LogP contribution in [0.3, 0.4) is 0 Å². The molecule has 0 saturated carbocycles. The van der Waals surface area contributed by atoms with Crippen molar-refractivity contribution in [3.05, 3.63) is 71.8 Å². The van der Waals surface area contributed by atoms with E-state index in [9.17, 15) is 5.11 Å². The van der Waals surface area contributed by atoms with Crippen molar-refractivity contribution >= 4 is 0 Å². The first kappa shape index (κ1) is 13.4. The summed E-state index contributed by atoms with van der Waals surface area (Å²) in [5, 5.41) is 10.6. The third-order valence-corrected chi connectivity index (χ3v) is 3.05. The molecule has 0 aromatic heterocycles. The molecule has 2 aromatic carbocycles. The van der Waals surface area contributed by atoms with Crippen LogP contribution < -0.4 is 0 Å². The van der Waals surface area contributed by atoms with Gasteiger partial charge in [-0.15, -0.1) is 5.92 Å². The molecule has 0 bridgehead atoms. The van der Waals surface area contributed by atoms with Gasteiger partial charge in [-0.25, -0.2) is 0 Å². The highest BCUT2D eigenvalue weighted by Gasteiger charge is 2.20. The SMILES string of the molecule is CCC#CC(c1ccccc1)C(O)c1ccccc1. The lowest BCUT2D eigenvalue weighted by molar-refractivity contribution is 0.165. The molecule has 19 heavy (non-hydrogen) atoms. The standard InChI is InChI=1S/C18H18O/c1-2-3-14-17(15-10-6-4-7-11-15)18(19)16-12-8-5-9-13-16/h4-13,17-19H,2H2,1H3. The van der Waals surface area contributed by atoms with Crippen molar-refractivity contribution in [2.24, 2.45) is 0 Å². The second kappa shape index (κ2) is 6.78. The number of aliphatic hydroxyl groups excluding tert-OH is 1. The van der Waals surface area contributed by atoms with Gasteiger partial charge in [-0.3, -0.25) is 0 Å². The van der Waals surface area contributed by atoms with Crippen LogP contribution in [0.5, 0.6) is 0 Å². The minimum Gasteiger partial charge on any atom is -0.387 e. The van der Waals surface area contributed by atoms with Gasteiger partial charge in [0.15, 0.2) is 0 Å². The smallest absolute Gasteiger partial charge is 0.0968 e. The summed E-state index contributed by atoms with van der Waals surface area (Å²) in [7, 11) is 0. The fraction of sp³-hybridized carbons (Fsp3) is 0.222. The van der Waals surface area contributed by atoms with Crippen LogP contribution in [0, 0.1) is 11.8 Å². The second-order valence-electron chi connectivity index (χ2n) is 4.42. The lowest BCUT2D eigenvalue weighted by atomic mass is 9.89. The van der Waals surface area contributed by atoms with Crippen LogP contribution in [0.2, 0.25) is 0 Å². The monoisotopic (exact) mass is 250 g/mol. The number of aliphatic hydroxyl groups is 1. The lowest BCUT2D eigenvalue weighted by Crippen LogP contribution is -2.09. The van der Waals surface area contributed by atoms with Gasteiger partial charge >= 0.3 is 0 Å². The number of rotatable bonds is 3. The number of benzene rings is 2. The van der Waals surface area contributed by atoms with E-state index in [-0.39, 0.29) is 5.92 Å². The Kier molecular flexibility index (Phi) is 4.78. The maximum Gasteiger partial charge on any atom is 0.0968 e. The fourth-order valence-electron chi connectivity index (χ4n) is 2.06. The summed E-state index contributed by atoms with van der Waals surface area (Å²) < 4.78 is 0. The molecular weight excluding hydrogens is 232 g/mol. The highest BCUT2D eigenvalue weighted by molar-refractivity contribution is 5.33. The van der Waals surface area contributed by atoms with E-state index >= 15 is 0 Å². The maximum atomic E-state index is 10.6. The van der Waals surface area contributed by atoms with E-state index in [1.807, 2.05) is 67.6 Å². The van der Waals surface area contributed by atoms with Crippen LogP contribution in [-0.4, -0.2) is 5.11 Å². The summed E-state index contributed by atoms with van der Waals surface area (Å²) in [6.07, 6.45) is 0.202. The zero-order valence-electron chi connectivity index (χ0n) is 11.1. The summed E-state index contributed by atoms with van der Waals surface area (Å²) >= 11 is 0. The molecule has 0 fully saturated rings. The molecule has 0 aliphatic heterocycles. The zero-order valence-corrected chi connectivity index (χ0v) is 11.1. The first-order chi connectivity index (χ1) is 9.33. The molecule has 96 valence electrons. The Morgan fingerprint density at radius 2 is 1.42 bits per heavy atom. The van der Waals surface area contributed by atoms with Crippen LogP contribution in [0.4, 0.5) is 0 Å². The quantitative estimate of drug-likeness (QED) is 0.819. The summed E-state index contributed by atoms with van der Waals surface area (Å²) in [5.74, 6) is 6.09. The predicted octanol–water partition coefficient (Wildman–Crippen LogP) is 3.92. The van der Waals surface area contributed by atoms with Crippen molar-refractivity contribution in [3.63, 3.8) is 0 Å². The van der Waals surface area contributed by atoms with Gasteiger partial charge in [-0.05, 0) is 11.1 Å². The molecule has 1 heteroatoms. The molecule has 0 aliphatic carbocycles. The second-order valence-corrected chi connectivity index (χ2v) is 4.42. The predicted molar refractivity (Wildman–Crippen MR) is 78.7 cm³/mol. The topological polar surface area (TPSA) is 20.2 Å². The van der Waals surface area contributed by atoms with Gasteiger partial charge in [-0.2, -0.15) is 0 Å². The van der Waals surface area contributed by atoms with Gasteiger partial charge in [0.1, 0.15) is 0 Å². The van der Waals surface area contributed by atoms with Crippen molar-refractivity contribution in [3.8, 4) is 11.8 Å². The Balaban J connectivity index is 2.33. The van der Waals surface area contributed by atoms with Crippen molar-refractivity contribution in [2.75, 3.05) is 0 Å². The Hall–Kier alpha value is -2.04. The van der Waals surface area contributed by atoms with E-state index in [0.717, 1.165) is 17.5 Å². The van der Waals surface area contributed by atoms with Crippen LogP contribution in [0.25, 0.3) is 0 Å². The van der Waals surface area contributed by atoms with Crippen LogP contribution in [0.1, 0.15) is 36.5 Å². The molecule has 0 amide bonds. The summed E-state index contributed by atoms with van der Waals surface area (Å²) in [4.78, 5) is 0. The third kappa shape index (κ3) is 3.47. The molecule has 0 heterocycles. The molecule has 2 atom stereocenters. The summed E-state index contributed by atoms with van der Waals surface area (Å²) in [5.41, 5.74) is 1.96. The highest BCUT2D eigenvalue weighted by Crippen LogP contribution is 2.30. The minimum atomic E-state index is -0.595. The summed E-state index contributed by atoms with van der Waals surface area (Å²) in [6.45, 7) is 2.02. The Labute approximate surface area is 114 Å². The molecule has 0 saturated heterocycles. The van der Waals surface area contributed by atoms with E-state index in [1.54, 1.807) is 0 Å². The molecule has 0 radical (unpaired) electrons. The van der Waals surface area contributed by atoms with E-state index in [1.165, 1.54) is 0 Å². The zero-order chi connectivity index (χ0) is 13.5.